The molecule has 0 fully saturated rings. The number of hydrogen-bond acceptors (Lipinski definition) is 3. The molecule has 0 saturated heterocycles. The second kappa shape index (κ2) is 5.67. The van der Waals surface area contributed by atoms with Crippen molar-refractivity contribution < 1.29 is 10.0 Å². The SMILES string of the molecule is Cc1cc(Br)ccc1C(=O)N(C)CC(N)=NO. The van der Waals surface area contributed by atoms with Crippen LogP contribution < -0.4 is 5.73 Å². The molecule has 3 N–H and O–H groups in total. The predicted octanol–water partition coefficient (Wildman–Crippen LogP) is 1.58. The molecule has 0 aromatic heterocycles. The van der Waals surface area contributed by atoms with Gasteiger partial charge in [0.1, 0.15) is 0 Å². The van der Waals surface area contributed by atoms with Crippen LogP contribution >= 0.6 is 15.9 Å². The number of carbonyl (C=O) groups excluding carboxylic acids is 1. The fourth-order valence-electron chi connectivity index (χ4n) is 1.42. The minimum absolute atomic E-state index is 0.00406. The Kier molecular flexibility index (Phi) is 4.51. The topological polar surface area (TPSA) is 78.9 Å². The first-order valence-electron chi connectivity index (χ1n) is 4.93. The number of halogens is 1. The lowest BCUT2D eigenvalue weighted by Gasteiger charge is -2.17. The van der Waals surface area contributed by atoms with Gasteiger partial charge in [-0.1, -0.05) is 21.1 Å². The number of nitrogens with two attached hydrogens (primary N) is 1. The van der Waals surface area contributed by atoms with Gasteiger partial charge in [0.25, 0.3) is 5.91 Å². The van der Waals surface area contributed by atoms with Crippen molar-refractivity contribution >= 4 is 27.7 Å². The Labute approximate surface area is 108 Å². The lowest BCUT2D eigenvalue weighted by Crippen LogP contribution is -2.35. The first kappa shape index (κ1) is 13.5. The normalized spacial score (nSPS) is 11.4. The van der Waals surface area contributed by atoms with Crippen LogP contribution in [-0.2, 0) is 0 Å². The quantitative estimate of drug-likeness (QED) is 0.385. The average molecular weight is 300 g/mol. The Balaban J connectivity index is 2.89. The molecule has 6 heteroatoms. The molecular formula is C11H14BrN3O2. The Morgan fingerprint density at radius 3 is 2.76 bits per heavy atom. The molecule has 5 nitrogen and oxygen atoms in total. The fraction of sp³-hybridized carbons (Fsp3) is 0.273. The maximum atomic E-state index is 12.0. The molecule has 0 aliphatic rings. The highest BCUT2D eigenvalue weighted by Crippen LogP contribution is 2.17. The molecule has 1 aromatic carbocycles. The molecule has 17 heavy (non-hydrogen) atoms. The van der Waals surface area contributed by atoms with E-state index in [2.05, 4.69) is 21.1 Å². The van der Waals surface area contributed by atoms with Crippen LogP contribution in [0.25, 0.3) is 0 Å². The van der Waals surface area contributed by atoms with Crippen LogP contribution in [-0.4, -0.2) is 35.4 Å². The fourth-order valence-corrected chi connectivity index (χ4v) is 1.89. The van der Waals surface area contributed by atoms with E-state index in [1.54, 1.807) is 19.2 Å². The molecule has 0 aliphatic carbocycles. The van der Waals surface area contributed by atoms with E-state index in [0.717, 1.165) is 10.0 Å². The van der Waals surface area contributed by atoms with Crippen LogP contribution in [0.2, 0.25) is 0 Å². The largest absolute Gasteiger partial charge is 0.409 e. The van der Waals surface area contributed by atoms with Crippen molar-refractivity contribution in [3.63, 3.8) is 0 Å². The summed E-state index contributed by atoms with van der Waals surface area (Å²) in [5, 5.41) is 11.3. The molecule has 1 rings (SSSR count). The molecule has 0 radical (unpaired) electrons. The van der Waals surface area contributed by atoms with E-state index in [9.17, 15) is 4.79 Å². The Morgan fingerprint density at radius 1 is 1.59 bits per heavy atom. The third-order valence-corrected chi connectivity index (χ3v) is 2.79. The molecule has 0 saturated carbocycles. The summed E-state index contributed by atoms with van der Waals surface area (Å²) in [4.78, 5) is 13.4. The van der Waals surface area contributed by atoms with Crippen molar-refractivity contribution in [1.29, 1.82) is 0 Å². The van der Waals surface area contributed by atoms with Crippen molar-refractivity contribution in [3.8, 4) is 0 Å². The third kappa shape index (κ3) is 3.45. The number of carbonyl (C=O) groups is 1. The van der Waals surface area contributed by atoms with Crippen molar-refractivity contribution in [3.05, 3.63) is 33.8 Å². The van der Waals surface area contributed by atoms with Gasteiger partial charge in [0.05, 0.1) is 6.54 Å². The molecule has 92 valence electrons. The number of oxime groups is 1. The monoisotopic (exact) mass is 299 g/mol. The van der Waals surface area contributed by atoms with Crippen molar-refractivity contribution in [2.24, 2.45) is 10.9 Å². The maximum absolute atomic E-state index is 12.0. The zero-order valence-electron chi connectivity index (χ0n) is 9.64. The number of nitrogens with zero attached hydrogens (tertiary/aromatic N) is 2. The van der Waals surface area contributed by atoms with E-state index in [1.165, 1.54) is 4.90 Å². The third-order valence-electron chi connectivity index (χ3n) is 2.29. The van der Waals surface area contributed by atoms with E-state index in [4.69, 9.17) is 10.9 Å². The number of aryl methyl sites for hydroxylation is 1. The van der Waals surface area contributed by atoms with E-state index >= 15 is 0 Å². The van der Waals surface area contributed by atoms with E-state index in [0.29, 0.717) is 5.56 Å². The predicted molar refractivity (Wildman–Crippen MR) is 69.2 cm³/mol. The van der Waals surface area contributed by atoms with Gasteiger partial charge >= 0.3 is 0 Å². The van der Waals surface area contributed by atoms with Gasteiger partial charge in [0.2, 0.25) is 0 Å². The van der Waals surface area contributed by atoms with Gasteiger partial charge in [0, 0.05) is 17.1 Å². The smallest absolute Gasteiger partial charge is 0.254 e. The molecule has 0 heterocycles. The minimum atomic E-state index is -0.165. The summed E-state index contributed by atoms with van der Waals surface area (Å²) in [6, 6.07) is 5.41. The second-order valence-electron chi connectivity index (χ2n) is 3.71. The molecule has 0 spiro atoms. The maximum Gasteiger partial charge on any atom is 0.254 e. The van der Waals surface area contributed by atoms with E-state index in [-0.39, 0.29) is 18.3 Å². The summed E-state index contributed by atoms with van der Waals surface area (Å²) in [5.41, 5.74) is 6.82. The van der Waals surface area contributed by atoms with Gasteiger partial charge in [-0.2, -0.15) is 0 Å². The van der Waals surface area contributed by atoms with E-state index < -0.39 is 0 Å². The number of amides is 1. The summed E-state index contributed by atoms with van der Waals surface area (Å²) in [6.07, 6.45) is 0. The standard InChI is InChI=1S/C11H14BrN3O2/c1-7-5-8(12)3-4-9(7)11(16)15(2)6-10(13)14-17/h3-5,17H,6H2,1-2H3,(H2,13,14). The molecular weight excluding hydrogens is 286 g/mol. The minimum Gasteiger partial charge on any atom is -0.409 e. The van der Waals surface area contributed by atoms with Crippen LogP contribution in [0.1, 0.15) is 15.9 Å². The summed E-state index contributed by atoms with van der Waals surface area (Å²) < 4.78 is 0.922. The zero-order valence-corrected chi connectivity index (χ0v) is 11.2. The van der Waals surface area contributed by atoms with Crippen LogP contribution in [0.5, 0.6) is 0 Å². The lowest BCUT2D eigenvalue weighted by molar-refractivity contribution is 0.0813. The lowest BCUT2D eigenvalue weighted by atomic mass is 10.1. The number of rotatable bonds is 3. The summed E-state index contributed by atoms with van der Waals surface area (Å²) in [6.45, 7) is 1.94. The van der Waals surface area contributed by atoms with Crippen LogP contribution in [0, 0.1) is 6.92 Å². The van der Waals surface area contributed by atoms with Crippen molar-refractivity contribution in [2.45, 2.75) is 6.92 Å². The summed E-state index contributed by atoms with van der Waals surface area (Å²) in [5.74, 6) is -0.169. The zero-order chi connectivity index (χ0) is 13.0. The van der Waals surface area contributed by atoms with Gasteiger partial charge in [-0.25, -0.2) is 0 Å². The highest BCUT2D eigenvalue weighted by molar-refractivity contribution is 9.10. The Hall–Kier alpha value is -1.56. The van der Waals surface area contributed by atoms with Gasteiger partial charge in [0.15, 0.2) is 5.84 Å². The average Bonchev–Trinajstić information content (AvgIpc) is 2.28. The van der Waals surface area contributed by atoms with Crippen molar-refractivity contribution in [1.82, 2.24) is 4.90 Å². The Bertz CT molecular complexity index is 460. The summed E-state index contributed by atoms with van der Waals surface area (Å²) >= 11 is 3.34. The first-order valence-corrected chi connectivity index (χ1v) is 5.73. The number of benzene rings is 1. The second-order valence-corrected chi connectivity index (χ2v) is 4.63. The van der Waals surface area contributed by atoms with Crippen LogP contribution in [0.3, 0.4) is 0 Å². The highest BCUT2D eigenvalue weighted by Gasteiger charge is 2.15. The highest BCUT2D eigenvalue weighted by atomic mass is 79.9. The first-order chi connectivity index (χ1) is 7.95. The molecule has 1 aromatic rings. The number of amidine groups is 1. The molecule has 0 bridgehead atoms. The molecule has 1 amide bonds. The number of likely N-dealkylation sites (N-methyl/N-ethyl adjacent to an activating group) is 1. The van der Waals surface area contributed by atoms with Crippen LogP contribution in [0.4, 0.5) is 0 Å². The molecule has 0 atom stereocenters. The van der Waals surface area contributed by atoms with Gasteiger partial charge in [-0.3, -0.25) is 4.79 Å². The molecule has 0 aliphatic heterocycles. The molecule has 0 unspecified atom stereocenters. The van der Waals surface area contributed by atoms with Crippen molar-refractivity contribution in [2.75, 3.05) is 13.6 Å². The Morgan fingerprint density at radius 2 is 2.24 bits per heavy atom. The van der Waals surface area contributed by atoms with E-state index in [1.807, 2.05) is 13.0 Å². The van der Waals surface area contributed by atoms with Gasteiger partial charge in [-0.15, -0.1) is 0 Å². The number of hydrogen-bond donors (Lipinski definition) is 2. The van der Waals surface area contributed by atoms with Gasteiger partial charge < -0.3 is 15.8 Å². The van der Waals surface area contributed by atoms with Gasteiger partial charge in [-0.05, 0) is 30.7 Å². The van der Waals surface area contributed by atoms with Crippen LogP contribution in [0.15, 0.2) is 27.8 Å². The summed E-state index contributed by atoms with van der Waals surface area (Å²) in [7, 11) is 1.60.